The van der Waals surface area contributed by atoms with Gasteiger partial charge in [-0.15, -0.1) is 0 Å². The summed E-state index contributed by atoms with van der Waals surface area (Å²) in [6.45, 7) is 18.0. The zero-order chi connectivity index (χ0) is 35.7. The second-order valence-electron chi connectivity index (χ2n) is 10.9. The van der Waals surface area contributed by atoms with E-state index >= 15 is 0 Å². The molecule has 2 aliphatic rings. The number of rotatable bonds is 14. The van der Waals surface area contributed by atoms with Crippen molar-refractivity contribution in [3.63, 3.8) is 0 Å². The fourth-order valence-electron chi connectivity index (χ4n) is 5.07. The van der Waals surface area contributed by atoms with Crippen LogP contribution in [-0.4, -0.2) is 62.6 Å². The SMILES string of the molecule is [C-]#[N+]c1ccc(Oc2ccc3c(c2)COB3OB2OCc3cc(Oc4ccc([N+]#[C-])c(OCCOC(C)=O)n4)ccc32)nc1OCCOC(C)=O. The number of hydrogen-bond acceptors (Lipinski definition) is 13. The molecular formula is C34H28B2N4O11. The summed E-state index contributed by atoms with van der Waals surface area (Å²) in [7, 11) is -1.36. The van der Waals surface area contributed by atoms with Crippen LogP contribution in [0.4, 0.5) is 11.4 Å². The molecule has 0 atom stereocenters. The van der Waals surface area contributed by atoms with E-state index in [1.807, 2.05) is 24.3 Å². The zero-order valence-electron chi connectivity index (χ0n) is 27.5. The normalized spacial score (nSPS) is 12.6. The molecular weight excluding hydrogens is 662 g/mol. The molecule has 2 aliphatic heterocycles. The highest BCUT2D eigenvalue weighted by molar-refractivity contribution is 6.75. The quantitative estimate of drug-likeness (QED) is 0.0805. The van der Waals surface area contributed by atoms with Crippen LogP contribution in [0.15, 0.2) is 60.7 Å². The number of carbonyl (C=O) groups is 2. The monoisotopic (exact) mass is 690 g/mol. The van der Waals surface area contributed by atoms with Crippen LogP contribution in [0.25, 0.3) is 9.69 Å². The smallest absolute Gasteiger partial charge is 0.481 e. The maximum atomic E-state index is 11.0. The van der Waals surface area contributed by atoms with E-state index in [1.54, 1.807) is 36.4 Å². The van der Waals surface area contributed by atoms with E-state index in [0.29, 0.717) is 11.5 Å². The lowest BCUT2D eigenvalue weighted by Crippen LogP contribution is -2.43. The van der Waals surface area contributed by atoms with Gasteiger partial charge >= 0.3 is 26.2 Å². The minimum atomic E-state index is -0.682. The van der Waals surface area contributed by atoms with Crippen molar-refractivity contribution in [2.45, 2.75) is 27.1 Å². The summed E-state index contributed by atoms with van der Waals surface area (Å²) in [6.07, 6.45) is 0. The Labute approximate surface area is 293 Å². The van der Waals surface area contributed by atoms with E-state index in [2.05, 4.69) is 19.7 Å². The van der Waals surface area contributed by atoms with Crippen molar-refractivity contribution in [1.29, 1.82) is 0 Å². The third kappa shape index (κ3) is 8.73. The molecule has 0 aliphatic carbocycles. The molecule has 2 aromatic carbocycles. The van der Waals surface area contributed by atoms with Gasteiger partial charge in [-0.1, -0.05) is 12.1 Å². The predicted molar refractivity (Wildman–Crippen MR) is 180 cm³/mol. The van der Waals surface area contributed by atoms with Gasteiger partial charge in [-0.2, -0.15) is 9.97 Å². The molecule has 6 rings (SSSR count). The van der Waals surface area contributed by atoms with Gasteiger partial charge in [0.15, 0.2) is 0 Å². The third-order valence-corrected chi connectivity index (χ3v) is 7.33. The van der Waals surface area contributed by atoms with Crippen LogP contribution in [-0.2, 0) is 46.2 Å². The van der Waals surface area contributed by atoms with E-state index < -0.39 is 26.2 Å². The van der Waals surface area contributed by atoms with Crippen molar-refractivity contribution in [3.8, 4) is 35.0 Å². The summed E-state index contributed by atoms with van der Waals surface area (Å²) < 4.78 is 50.9. The number of pyridine rings is 2. The van der Waals surface area contributed by atoms with Crippen LogP contribution in [0.3, 0.4) is 0 Å². The molecule has 0 unspecified atom stereocenters. The number of aromatic nitrogens is 2. The lowest BCUT2D eigenvalue weighted by Gasteiger charge is -2.13. The van der Waals surface area contributed by atoms with Gasteiger partial charge < -0.3 is 42.3 Å². The molecule has 17 heteroatoms. The summed E-state index contributed by atoms with van der Waals surface area (Å²) in [4.78, 5) is 37.4. The Kier molecular flexibility index (Phi) is 10.9. The molecule has 2 aromatic heterocycles. The highest BCUT2D eigenvalue weighted by Crippen LogP contribution is 2.32. The Morgan fingerprint density at radius 1 is 0.686 bits per heavy atom. The highest BCUT2D eigenvalue weighted by Gasteiger charge is 2.40. The second-order valence-corrected chi connectivity index (χ2v) is 10.9. The lowest BCUT2D eigenvalue weighted by molar-refractivity contribution is -0.142. The van der Waals surface area contributed by atoms with Gasteiger partial charge in [0, 0.05) is 13.8 Å². The van der Waals surface area contributed by atoms with Crippen molar-refractivity contribution < 1.29 is 51.9 Å². The van der Waals surface area contributed by atoms with Gasteiger partial charge in [0.25, 0.3) is 0 Å². The van der Waals surface area contributed by atoms with Gasteiger partial charge in [0.05, 0.1) is 26.4 Å². The Morgan fingerprint density at radius 3 is 1.55 bits per heavy atom. The summed E-state index contributed by atoms with van der Waals surface area (Å²) in [5.41, 5.74) is 3.77. The maximum Gasteiger partial charge on any atom is 0.481 e. The minimum Gasteiger partial charge on any atom is -0.483 e. The first-order valence-electron chi connectivity index (χ1n) is 15.6. The number of nitrogens with zero attached hydrogens (tertiary/aromatic N) is 4. The molecule has 0 N–H and O–H groups in total. The van der Waals surface area contributed by atoms with E-state index in [1.165, 1.54) is 13.8 Å². The van der Waals surface area contributed by atoms with E-state index in [4.69, 9.17) is 55.4 Å². The molecule has 0 saturated carbocycles. The highest BCUT2D eigenvalue weighted by atomic mass is 16.6. The van der Waals surface area contributed by atoms with Gasteiger partial charge in [-0.05, 0) is 70.6 Å². The lowest BCUT2D eigenvalue weighted by atomic mass is 9.71. The molecule has 51 heavy (non-hydrogen) atoms. The fraction of sp³-hybridized carbons (Fsp3) is 0.235. The first kappa shape index (κ1) is 34.7. The van der Waals surface area contributed by atoms with Crippen molar-refractivity contribution in [2.75, 3.05) is 26.4 Å². The minimum absolute atomic E-state index is 0.0266. The molecule has 0 radical (unpaired) electrons. The molecule has 0 fully saturated rings. The summed E-state index contributed by atoms with van der Waals surface area (Å²) in [5.74, 6) is 0.727. The van der Waals surface area contributed by atoms with Crippen LogP contribution in [0.2, 0.25) is 0 Å². The first-order chi connectivity index (χ1) is 24.8. The summed E-state index contributed by atoms with van der Waals surface area (Å²) >= 11 is 0. The van der Waals surface area contributed by atoms with Crippen LogP contribution in [0.1, 0.15) is 25.0 Å². The average molecular weight is 690 g/mol. The Hall–Kier alpha value is -6.13. The van der Waals surface area contributed by atoms with Crippen LogP contribution in [0.5, 0.6) is 35.0 Å². The molecule has 0 amide bonds. The Bertz CT molecular complexity index is 1890. The Balaban J connectivity index is 1.06. The van der Waals surface area contributed by atoms with Gasteiger partial charge in [-0.3, -0.25) is 9.59 Å². The number of benzene rings is 2. The largest absolute Gasteiger partial charge is 0.483 e. The predicted octanol–water partition coefficient (Wildman–Crippen LogP) is 4.21. The van der Waals surface area contributed by atoms with Crippen molar-refractivity contribution >= 4 is 48.5 Å². The number of ether oxygens (including phenoxy) is 6. The topological polar surface area (TPSA) is 152 Å². The van der Waals surface area contributed by atoms with Crippen LogP contribution < -0.4 is 29.9 Å². The first-order valence-corrected chi connectivity index (χ1v) is 15.6. The number of fused-ring (bicyclic) bond motifs is 2. The molecule has 0 bridgehead atoms. The molecule has 4 heterocycles. The fourth-order valence-corrected chi connectivity index (χ4v) is 5.07. The van der Waals surface area contributed by atoms with Gasteiger partial charge in [-0.25, -0.2) is 9.69 Å². The maximum absolute atomic E-state index is 11.0. The number of esters is 2. The standard InChI is InChI=1S/C34H28B2N4O11/c1-21(41)43-13-15-45-33-29(37-3)9-11-31(39-33)49-25-5-7-27-23(17-25)19-47-35(27)51-36-28-8-6-26(18-24(28)20-48-36)50-32-12-10-30(38-4)34(40-32)46-16-14-44-22(2)42/h5-12,17-18H,13-16,19-20H2,1-2H3. The van der Waals surface area contributed by atoms with Gasteiger partial charge in [0.2, 0.25) is 34.9 Å². The molecule has 0 saturated heterocycles. The van der Waals surface area contributed by atoms with E-state index in [-0.39, 0.29) is 74.5 Å². The second kappa shape index (κ2) is 16.1. The Morgan fingerprint density at radius 2 is 1.14 bits per heavy atom. The average Bonchev–Trinajstić information content (AvgIpc) is 3.71. The summed E-state index contributed by atoms with van der Waals surface area (Å²) in [5, 5.41) is 0. The van der Waals surface area contributed by atoms with Crippen molar-refractivity contribution in [1.82, 2.24) is 9.97 Å². The van der Waals surface area contributed by atoms with Crippen molar-refractivity contribution in [2.24, 2.45) is 0 Å². The van der Waals surface area contributed by atoms with Crippen LogP contribution >= 0.6 is 0 Å². The summed E-state index contributed by atoms with van der Waals surface area (Å²) in [6, 6.07) is 17.1. The van der Waals surface area contributed by atoms with Gasteiger partial charge in [0.1, 0.15) is 37.9 Å². The zero-order valence-corrected chi connectivity index (χ0v) is 27.5. The van der Waals surface area contributed by atoms with E-state index in [0.717, 1.165) is 22.1 Å². The number of carbonyl (C=O) groups excluding carboxylic acids is 2. The van der Waals surface area contributed by atoms with Crippen molar-refractivity contribution in [3.05, 3.63) is 94.6 Å². The van der Waals surface area contributed by atoms with E-state index in [9.17, 15) is 9.59 Å². The molecule has 0 spiro atoms. The molecule has 256 valence electrons. The number of hydrogen-bond donors (Lipinski definition) is 0. The molecule has 4 aromatic rings. The third-order valence-electron chi connectivity index (χ3n) is 7.33. The van der Waals surface area contributed by atoms with Crippen LogP contribution in [0, 0.1) is 13.1 Å². The molecule has 15 nitrogen and oxygen atoms in total.